The van der Waals surface area contributed by atoms with Crippen LogP contribution in [0.1, 0.15) is 12.5 Å². The minimum absolute atomic E-state index is 0.222. The molecule has 162 valence electrons. The van der Waals surface area contributed by atoms with Gasteiger partial charge in [-0.15, -0.1) is 10.2 Å². The Morgan fingerprint density at radius 2 is 1.75 bits per heavy atom. The van der Waals surface area contributed by atoms with Gasteiger partial charge in [-0.2, -0.15) is 0 Å². The highest BCUT2D eigenvalue weighted by atomic mass is 35.5. The molecule has 32 heavy (non-hydrogen) atoms. The zero-order valence-electron chi connectivity index (χ0n) is 17.3. The van der Waals surface area contributed by atoms with E-state index in [1.807, 2.05) is 60.7 Å². The molecule has 5 rings (SSSR count). The molecule has 1 aliphatic heterocycles. The Hall–Kier alpha value is -3.16. The molecule has 3 aromatic carbocycles. The van der Waals surface area contributed by atoms with Gasteiger partial charge in [-0.05, 0) is 42.8 Å². The van der Waals surface area contributed by atoms with Gasteiger partial charge in [0.15, 0.2) is 22.5 Å². The van der Waals surface area contributed by atoms with Crippen molar-refractivity contribution in [2.24, 2.45) is 0 Å². The fourth-order valence-corrected chi connectivity index (χ4v) is 4.74. The molecular weight excluding hydrogens is 446 g/mol. The first-order chi connectivity index (χ1) is 15.7. The van der Waals surface area contributed by atoms with Crippen molar-refractivity contribution in [2.75, 3.05) is 6.79 Å². The van der Waals surface area contributed by atoms with Gasteiger partial charge in [0, 0.05) is 23.4 Å². The van der Waals surface area contributed by atoms with Gasteiger partial charge in [0.1, 0.15) is 11.5 Å². The molecule has 6 nitrogen and oxygen atoms in total. The molecule has 0 saturated carbocycles. The Morgan fingerprint density at radius 1 is 1.00 bits per heavy atom. The average molecular weight is 466 g/mol. The number of hydrogen-bond acceptors (Lipinski definition) is 6. The number of hydrogen-bond donors (Lipinski definition) is 0. The molecule has 0 spiro atoms. The van der Waals surface area contributed by atoms with E-state index < -0.39 is 0 Å². The Kier molecular flexibility index (Phi) is 5.92. The van der Waals surface area contributed by atoms with Crippen molar-refractivity contribution in [1.82, 2.24) is 14.8 Å². The summed E-state index contributed by atoms with van der Waals surface area (Å²) in [5.74, 6) is 4.30. The normalized spacial score (nSPS) is 12.2. The van der Waals surface area contributed by atoms with Gasteiger partial charge < -0.3 is 18.8 Å². The van der Waals surface area contributed by atoms with Gasteiger partial charge in [0.2, 0.25) is 6.79 Å². The summed E-state index contributed by atoms with van der Waals surface area (Å²) in [6.07, 6.45) is 0. The van der Waals surface area contributed by atoms with Crippen LogP contribution in [0.15, 0.2) is 71.9 Å². The van der Waals surface area contributed by atoms with Crippen LogP contribution in [0.25, 0.3) is 11.4 Å². The Morgan fingerprint density at radius 3 is 2.56 bits per heavy atom. The van der Waals surface area contributed by atoms with Crippen LogP contribution in [0.4, 0.5) is 0 Å². The van der Waals surface area contributed by atoms with E-state index in [2.05, 4.69) is 21.7 Å². The van der Waals surface area contributed by atoms with Gasteiger partial charge in [-0.1, -0.05) is 53.7 Å². The molecule has 0 radical (unpaired) electrons. The number of nitrogens with zero attached hydrogens (tertiary/aromatic N) is 3. The summed E-state index contributed by atoms with van der Waals surface area (Å²) in [6, 6.07) is 21.3. The quantitative estimate of drug-likeness (QED) is 0.293. The minimum Gasteiger partial charge on any atom is -0.457 e. The lowest BCUT2D eigenvalue weighted by Crippen LogP contribution is -2.01. The van der Waals surface area contributed by atoms with Crippen molar-refractivity contribution in [2.45, 2.75) is 24.4 Å². The summed E-state index contributed by atoms with van der Waals surface area (Å²) in [5, 5.41) is 10.4. The van der Waals surface area contributed by atoms with Gasteiger partial charge in [0.25, 0.3) is 0 Å². The topological polar surface area (TPSA) is 58.4 Å². The number of ether oxygens (including phenoxy) is 3. The fraction of sp³-hybridized carbons (Fsp3) is 0.167. The molecule has 8 heteroatoms. The number of fused-ring (bicyclic) bond motifs is 1. The molecule has 0 unspecified atom stereocenters. The summed E-state index contributed by atoms with van der Waals surface area (Å²) in [4.78, 5) is 0. The summed E-state index contributed by atoms with van der Waals surface area (Å²) in [5.41, 5.74) is 1.85. The molecule has 0 bridgehead atoms. The number of halogens is 1. The maximum absolute atomic E-state index is 6.44. The Balaban J connectivity index is 1.41. The first-order valence-corrected chi connectivity index (χ1v) is 11.6. The molecule has 0 fully saturated rings. The molecule has 1 aliphatic rings. The lowest BCUT2D eigenvalue weighted by atomic mass is 10.2. The zero-order valence-corrected chi connectivity index (χ0v) is 18.9. The first-order valence-electron chi connectivity index (χ1n) is 10.2. The maximum atomic E-state index is 6.44. The number of para-hydroxylation sites is 2. The van der Waals surface area contributed by atoms with E-state index in [0.717, 1.165) is 45.9 Å². The Bertz CT molecular complexity index is 1250. The molecule has 2 heterocycles. The van der Waals surface area contributed by atoms with Gasteiger partial charge in [-0.3, -0.25) is 0 Å². The minimum atomic E-state index is 0.222. The SMILES string of the molecule is CCn1c(SCc2cc3c(cc2Cl)OCO3)nnc1-c1ccccc1Oc1ccccc1. The molecule has 0 N–H and O–H groups in total. The predicted molar refractivity (Wildman–Crippen MR) is 125 cm³/mol. The number of aromatic nitrogens is 3. The molecule has 0 atom stereocenters. The summed E-state index contributed by atoms with van der Waals surface area (Å²) in [6.45, 7) is 3.02. The standard InChI is InChI=1S/C24H20ClN3O3S/c1-2-28-23(18-10-6-7-11-20(18)31-17-8-4-3-5-9-17)26-27-24(28)32-14-16-12-21-22(13-19(16)25)30-15-29-21/h3-13H,2,14-15H2,1H3. The van der Waals surface area contributed by atoms with Crippen LogP contribution in [-0.2, 0) is 12.3 Å². The van der Waals surface area contributed by atoms with E-state index in [4.69, 9.17) is 25.8 Å². The molecule has 0 aliphatic carbocycles. The van der Waals surface area contributed by atoms with Crippen LogP contribution >= 0.6 is 23.4 Å². The largest absolute Gasteiger partial charge is 0.457 e. The molecular formula is C24H20ClN3O3S. The van der Waals surface area contributed by atoms with Crippen molar-refractivity contribution in [3.63, 3.8) is 0 Å². The number of benzene rings is 3. The maximum Gasteiger partial charge on any atom is 0.231 e. The highest BCUT2D eigenvalue weighted by Gasteiger charge is 2.20. The molecule has 0 saturated heterocycles. The van der Waals surface area contributed by atoms with E-state index in [-0.39, 0.29) is 6.79 Å². The van der Waals surface area contributed by atoms with Crippen LogP contribution in [0.3, 0.4) is 0 Å². The zero-order chi connectivity index (χ0) is 21.9. The number of thioether (sulfide) groups is 1. The summed E-state index contributed by atoms with van der Waals surface area (Å²) in [7, 11) is 0. The van der Waals surface area contributed by atoms with Crippen LogP contribution < -0.4 is 14.2 Å². The van der Waals surface area contributed by atoms with Crippen molar-refractivity contribution in [3.8, 4) is 34.4 Å². The van der Waals surface area contributed by atoms with Crippen LogP contribution in [0, 0.1) is 0 Å². The Labute approximate surface area is 195 Å². The van der Waals surface area contributed by atoms with E-state index in [1.165, 1.54) is 0 Å². The summed E-state index contributed by atoms with van der Waals surface area (Å²) >= 11 is 8.02. The van der Waals surface area contributed by atoms with Crippen LogP contribution in [0.5, 0.6) is 23.0 Å². The van der Waals surface area contributed by atoms with E-state index >= 15 is 0 Å². The molecule has 4 aromatic rings. The lowest BCUT2D eigenvalue weighted by molar-refractivity contribution is 0.174. The lowest BCUT2D eigenvalue weighted by Gasteiger charge is -2.12. The van der Waals surface area contributed by atoms with E-state index in [1.54, 1.807) is 17.8 Å². The molecule has 1 aromatic heterocycles. The van der Waals surface area contributed by atoms with Gasteiger partial charge >= 0.3 is 0 Å². The predicted octanol–water partition coefficient (Wildman–Crippen LogP) is 6.43. The monoisotopic (exact) mass is 465 g/mol. The van der Waals surface area contributed by atoms with Gasteiger partial charge in [-0.25, -0.2) is 0 Å². The first kappa shape index (κ1) is 20.7. The van der Waals surface area contributed by atoms with Crippen LogP contribution in [-0.4, -0.2) is 21.6 Å². The van der Waals surface area contributed by atoms with Gasteiger partial charge in [0.05, 0.1) is 5.56 Å². The third-order valence-electron chi connectivity index (χ3n) is 5.03. The van der Waals surface area contributed by atoms with E-state index in [0.29, 0.717) is 16.5 Å². The molecule has 0 amide bonds. The number of rotatable bonds is 7. The van der Waals surface area contributed by atoms with Crippen molar-refractivity contribution in [1.29, 1.82) is 0 Å². The van der Waals surface area contributed by atoms with Crippen LogP contribution in [0.2, 0.25) is 5.02 Å². The highest BCUT2D eigenvalue weighted by Crippen LogP contribution is 2.39. The van der Waals surface area contributed by atoms with Crippen molar-refractivity contribution in [3.05, 3.63) is 77.3 Å². The third-order valence-corrected chi connectivity index (χ3v) is 6.40. The second-order valence-electron chi connectivity index (χ2n) is 7.05. The van der Waals surface area contributed by atoms with Crippen molar-refractivity contribution >= 4 is 23.4 Å². The fourth-order valence-electron chi connectivity index (χ4n) is 3.45. The second-order valence-corrected chi connectivity index (χ2v) is 8.40. The third kappa shape index (κ3) is 4.13. The smallest absolute Gasteiger partial charge is 0.231 e. The summed E-state index contributed by atoms with van der Waals surface area (Å²) < 4.78 is 19.1. The second kappa shape index (κ2) is 9.14. The highest BCUT2D eigenvalue weighted by molar-refractivity contribution is 7.98. The van der Waals surface area contributed by atoms with Crippen molar-refractivity contribution < 1.29 is 14.2 Å². The average Bonchev–Trinajstić information content (AvgIpc) is 3.44. The van der Waals surface area contributed by atoms with E-state index in [9.17, 15) is 0 Å².